The standard InChI is InChI=1S/C27H48OSi/c1-12-20-19(2)21(28-29(10,11)24(3,4)5)18-23-26(20,8)17-14-22-25(6,7)15-13-16-27(22,23)9/h12,21-23H,1,13-18H2,2-11H3/t21-,22-,23-,26-,27-/m0/s1. The Hall–Kier alpha value is -0.343. The molecule has 0 aliphatic heterocycles. The SMILES string of the molecule is C=CC1=C(C)[C@@H](O[Si](C)(C)C(C)(C)C)C[C@@H]2[C@@]3(C)CCCC(C)(C)[C@@H]3CC[C@@]12C. The van der Waals surface area contributed by atoms with Crippen molar-refractivity contribution in [2.24, 2.45) is 28.1 Å². The van der Waals surface area contributed by atoms with E-state index in [1.165, 1.54) is 49.7 Å². The van der Waals surface area contributed by atoms with Crippen LogP contribution in [0.15, 0.2) is 23.8 Å². The van der Waals surface area contributed by atoms with Crippen LogP contribution in [0.25, 0.3) is 0 Å². The zero-order valence-corrected chi connectivity index (χ0v) is 22.2. The fourth-order valence-electron chi connectivity index (χ4n) is 7.58. The van der Waals surface area contributed by atoms with E-state index in [0.717, 1.165) is 5.92 Å². The highest BCUT2D eigenvalue weighted by atomic mass is 28.4. The van der Waals surface area contributed by atoms with Crippen molar-refractivity contribution in [3.8, 4) is 0 Å². The summed E-state index contributed by atoms with van der Waals surface area (Å²) in [4.78, 5) is 0. The molecule has 0 amide bonds. The van der Waals surface area contributed by atoms with E-state index in [0.29, 0.717) is 16.7 Å². The third-order valence-electron chi connectivity index (χ3n) is 10.2. The van der Waals surface area contributed by atoms with E-state index in [1.807, 2.05) is 0 Å². The van der Waals surface area contributed by atoms with Gasteiger partial charge in [-0.05, 0) is 96.4 Å². The maximum Gasteiger partial charge on any atom is 0.192 e. The summed E-state index contributed by atoms with van der Waals surface area (Å²) in [5.41, 5.74) is 4.13. The van der Waals surface area contributed by atoms with Gasteiger partial charge in [0.2, 0.25) is 0 Å². The van der Waals surface area contributed by atoms with Gasteiger partial charge < -0.3 is 4.43 Å². The van der Waals surface area contributed by atoms with Crippen LogP contribution in [-0.2, 0) is 4.43 Å². The van der Waals surface area contributed by atoms with Gasteiger partial charge in [0.05, 0.1) is 6.10 Å². The summed E-state index contributed by atoms with van der Waals surface area (Å²) >= 11 is 0. The van der Waals surface area contributed by atoms with E-state index in [9.17, 15) is 0 Å². The molecule has 3 aliphatic carbocycles. The monoisotopic (exact) mass is 416 g/mol. The first kappa shape index (κ1) is 23.3. The predicted octanol–water partition coefficient (Wildman–Crippen LogP) is 8.53. The summed E-state index contributed by atoms with van der Waals surface area (Å²) in [5, 5.41) is 0.244. The molecule has 0 radical (unpaired) electrons. The summed E-state index contributed by atoms with van der Waals surface area (Å²) in [6.45, 7) is 28.8. The Morgan fingerprint density at radius 2 is 1.66 bits per heavy atom. The lowest BCUT2D eigenvalue weighted by molar-refractivity contribution is -0.131. The molecule has 2 saturated carbocycles. The molecule has 29 heavy (non-hydrogen) atoms. The van der Waals surface area contributed by atoms with E-state index in [-0.39, 0.29) is 16.6 Å². The van der Waals surface area contributed by atoms with Gasteiger partial charge in [0.1, 0.15) is 0 Å². The molecule has 1 nitrogen and oxygen atoms in total. The first-order valence-electron chi connectivity index (χ1n) is 12.1. The van der Waals surface area contributed by atoms with Gasteiger partial charge in [0.15, 0.2) is 8.32 Å². The van der Waals surface area contributed by atoms with Crippen LogP contribution < -0.4 is 0 Å². The van der Waals surface area contributed by atoms with E-state index >= 15 is 0 Å². The number of rotatable bonds is 3. The summed E-state index contributed by atoms with van der Waals surface area (Å²) in [6.07, 6.45) is 10.5. The molecule has 0 aromatic carbocycles. The van der Waals surface area contributed by atoms with Crippen LogP contribution in [-0.4, -0.2) is 14.4 Å². The van der Waals surface area contributed by atoms with Crippen LogP contribution in [0, 0.1) is 28.1 Å². The van der Waals surface area contributed by atoms with Crippen LogP contribution in [0.5, 0.6) is 0 Å². The Kier molecular flexibility index (Phi) is 5.70. The molecule has 0 saturated heterocycles. The van der Waals surface area contributed by atoms with Gasteiger partial charge in [-0.3, -0.25) is 0 Å². The van der Waals surface area contributed by atoms with E-state index in [1.54, 1.807) is 0 Å². The number of hydrogen-bond donors (Lipinski definition) is 0. The molecule has 0 N–H and O–H groups in total. The maximum absolute atomic E-state index is 7.09. The first-order chi connectivity index (χ1) is 13.1. The molecule has 2 fully saturated rings. The second-order valence-corrected chi connectivity index (χ2v) is 18.1. The van der Waals surface area contributed by atoms with Crippen molar-refractivity contribution in [2.45, 2.75) is 118 Å². The van der Waals surface area contributed by atoms with Crippen LogP contribution >= 0.6 is 0 Å². The molecule has 0 unspecified atom stereocenters. The second-order valence-electron chi connectivity index (χ2n) is 13.3. The zero-order valence-electron chi connectivity index (χ0n) is 21.2. The number of allylic oxidation sites excluding steroid dienone is 2. The predicted molar refractivity (Wildman–Crippen MR) is 130 cm³/mol. The van der Waals surface area contributed by atoms with Gasteiger partial charge in [0.25, 0.3) is 0 Å². The third kappa shape index (κ3) is 3.55. The van der Waals surface area contributed by atoms with E-state index in [2.05, 4.69) is 81.1 Å². The van der Waals surface area contributed by atoms with Crippen LogP contribution in [0.1, 0.15) is 93.9 Å². The van der Waals surface area contributed by atoms with Crippen molar-refractivity contribution in [1.82, 2.24) is 0 Å². The largest absolute Gasteiger partial charge is 0.410 e. The van der Waals surface area contributed by atoms with Gasteiger partial charge in [-0.1, -0.05) is 67.5 Å². The molecule has 3 rings (SSSR count). The lowest BCUT2D eigenvalue weighted by Crippen LogP contribution is -2.58. The lowest BCUT2D eigenvalue weighted by atomic mass is 9.40. The quantitative estimate of drug-likeness (QED) is 0.419. The molecule has 3 aliphatic rings. The Morgan fingerprint density at radius 1 is 1.03 bits per heavy atom. The van der Waals surface area contributed by atoms with Gasteiger partial charge in [-0.25, -0.2) is 0 Å². The Balaban J connectivity index is 2.06. The van der Waals surface area contributed by atoms with Crippen molar-refractivity contribution in [3.63, 3.8) is 0 Å². The zero-order chi connectivity index (χ0) is 22.0. The molecule has 0 spiro atoms. The summed E-state index contributed by atoms with van der Waals surface area (Å²) in [5.74, 6) is 1.53. The average molecular weight is 417 g/mol. The Morgan fingerprint density at radius 3 is 2.21 bits per heavy atom. The second kappa shape index (κ2) is 7.09. The normalized spacial score (nSPS) is 40.3. The highest BCUT2D eigenvalue weighted by Gasteiger charge is 2.61. The highest BCUT2D eigenvalue weighted by Crippen LogP contribution is 2.68. The highest BCUT2D eigenvalue weighted by molar-refractivity contribution is 6.74. The topological polar surface area (TPSA) is 9.23 Å². The summed E-state index contributed by atoms with van der Waals surface area (Å²) in [7, 11) is -1.82. The van der Waals surface area contributed by atoms with Crippen LogP contribution in [0.2, 0.25) is 18.1 Å². The van der Waals surface area contributed by atoms with Crippen molar-refractivity contribution in [1.29, 1.82) is 0 Å². The molecule has 0 heterocycles. The van der Waals surface area contributed by atoms with E-state index in [4.69, 9.17) is 4.43 Å². The molecule has 0 aromatic rings. The first-order valence-corrected chi connectivity index (χ1v) is 15.0. The molecule has 0 bridgehead atoms. The molecule has 5 atom stereocenters. The Labute approximate surface area is 182 Å². The van der Waals surface area contributed by atoms with Crippen molar-refractivity contribution < 1.29 is 4.43 Å². The minimum absolute atomic E-state index is 0.244. The molecular formula is C27H48OSi. The molecular weight excluding hydrogens is 368 g/mol. The van der Waals surface area contributed by atoms with Gasteiger partial charge >= 0.3 is 0 Å². The molecule has 0 aromatic heterocycles. The van der Waals surface area contributed by atoms with Crippen molar-refractivity contribution in [2.75, 3.05) is 0 Å². The van der Waals surface area contributed by atoms with Gasteiger partial charge in [-0.2, -0.15) is 0 Å². The number of fused-ring (bicyclic) bond motifs is 3. The van der Waals surface area contributed by atoms with Crippen LogP contribution in [0.3, 0.4) is 0 Å². The smallest absolute Gasteiger partial charge is 0.192 e. The minimum Gasteiger partial charge on any atom is -0.410 e. The Bertz CT molecular complexity index is 694. The van der Waals surface area contributed by atoms with Crippen molar-refractivity contribution >= 4 is 8.32 Å². The number of hydrogen-bond acceptors (Lipinski definition) is 1. The van der Waals surface area contributed by atoms with Gasteiger partial charge in [0, 0.05) is 0 Å². The van der Waals surface area contributed by atoms with Crippen molar-refractivity contribution in [3.05, 3.63) is 23.8 Å². The fourth-order valence-corrected chi connectivity index (χ4v) is 8.92. The minimum atomic E-state index is -1.82. The average Bonchev–Trinajstić information content (AvgIpc) is 2.55. The third-order valence-corrected chi connectivity index (χ3v) is 14.7. The van der Waals surface area contributed by atoms with Gasteiger partial charge in [-0.15, -0.1) is 0 Å². The maximum atomic E-state index is 7.09. The molecule has 2 heteroatoms. The summed E-state index contributed by atoms with van der Waals surface area (Å²) in [6, 6.07) is 0. The molecule has 166 valence electrons. The van der Waals surface area contributed by atoms with E-state index < -0.39 is 8.32 Å². The van der Waals surface area contributed by atoms with Crippen LogP contribution in [0.4, 0.5) is 0 Å². The summed E-state index contributed by atoms with van der Waals surface area (Å²) < 4.78 is 7.09. The fraction of sp³-hybridized carbons (Fsp3) is 0.852. The lowest BCUT2D eigenvalue weighted by Gasteiger charge is -2.65.